The summed E-state index contributed by atoms with van der Waals surface area (Å²) in [5, 5.41) is 0.423. The molecule has 0 aliphatic rings. The van der Waals surface area contributed by atoms with Crippen molar-refractivity contribution >= 4 is 17.3 Å². The van der Waals surface area contributed by atoms with E-state index in [0.717, 1.165) is 0 Å². The molecule has 0 aliphatic carbocycles. The molecule has 0 unspecified atom stereocenters. The monoisotopic (exact) mass is 223 g/mol. The van der Waals surface area contributed by atoms with Gasteiger partial charge in [0.05, 0.1) is 0 Å². The summed E-state index contributed by atoms with van der Waals surface area (Å²) < 4.78 is 37.2. The Hall–Kier alpha value is -0.900. The standard InChI is InChI=1S/C9H9ClF3N/c1-2-14(9(11,12)13)8-5-3-7(10)4-6-8/h3-6H,2H2,1H3. The van der Waals surface area contributed by atoms with Crippen LogP contribution in [-0.4, -0.2) is 12.8 Å². The molecule has 0 amide bonds. The van der Waals surface area contributed by atoms with Crippen molar-refractivity contribution in [3.8, 4) is 0 Å². The Balaban J connectivity index is 2.96. The molecule has 0 saturated heterocycles. The molecule has 0 bridgehead atoms. The van der Waals surface area contributed by atoms with Crippen LogP contribution in [0.1, 0.15) is 6.92 Å². The van der Waals surface area contributed by atoms with Gasteiger partial charge in [0.15, 0.2) is 0 Å². The number of alkyl halides is 3. The Bertz CT molecular complexity index is 294. The maximum absolute atomic E-state index is 12.4. The number of rotatable bonds is 2. The van der Waals surface area contributed by atoms with Gasteiger partial charge in [-0.05, 0) is 31.2 Å². The molecular formula is C9H9ClF3N. The van der Waals surface area contributed by atoms with E-state index >= 15 is 0 Å². The molecule has 14 heavy (non-hydrogen) atoms. The molecular weight excluding hydrogens is 215 g/mol. The lowest BCUT2D eigenvalue weighted by molar-refractivity contribution is -0.128. The van der Waals surface area contributed by atoms with Crippen LogP contribution in [0, 0.1) is 0 Å². The van der Waals surface area contributed by atoms with Crippen LogP contribution in [0.3, 0.4) is 0 Å². The third-order valence-corrected chi connectivity index (χ3v) is 2.01. The fourth-order valence-electron chi connectivity index (χ4n) is 1.13. The second-order valence-electron chi connectivity index (χ2n) is 2.69. The molecule has 1 rings (SSSR count). The summed E-state index contributed by atoms with van der Waals surface area (Å²) in [6.07, 6.45) is -4.34. The first kappa shape index (κ1) is 11.2. The highest BCUT2D eigenvalue weighted by Gasteiger charge is 2.36. The van der Waals surface area contributed by atoms with E-state index in [2.05, 4.69) is 0 Å². The molecule has 0 heterocycles. The summed E-state index contributed by atoms with van der Waals surface area (Å²) in [6.45, 7) is 1.33. The number of hydrogen-bond acceptors (Lipinski definition) is 1. The van der Waals surface area contributed by atoms with Crippen LogP contribution in [0.15, 0.2) is 24.3 Å². The SMILES string of the molecule is CCN(c1ccc(Cl)cc1)C(F)(F)F. The van der Waals surface area contributed by atoms with Gasteiger partial charge in [0.1, 0.15) is 0 Å². The third kappa shape index (κ3) is 2.54. The Kier molecular flexibility index (Phi) is 3.26. The van der Waals surface area contributed by atoms with Gasteiger partial charge in [-0.15, -0.1) is 0 Å². The van der Waals surface area contributed by atoms with Crippen LogP contribution in [0.5, 0.6) is 0 Å². The van der Waals surface area contributed by atoms with E-state index in [1.165, 1.54) is 31.2 Å². The molecule has 0 aromatic heterocycles. The largest absolute Gasteiger partial charge is 0.484 e. The molecule has 0 N–H and O–H groups in total. The van der Waals surface area contributed by atoms with Gasteiger partial charge in [-0.1, -0.05) is 11.6 Å². The van der Waals surface area contributed by atoms with Gasteiger partial charge < -0.3 is 0 Å². The summed E-state index contributed by atoms with van der Waals surface area (Å²) in [5.74, 6) is 0. The smallest absolute Gasteiger partial charge is 0.284 e. The predicted molar refractivity (Wildman–Crippen MR) is 50.5 cm³/mol. The first-order chi connectivity index (χ1) is 6.45. The molecule has 0 fully saturated rings. The molecule has 0 spiro atoms. The molecule has 0 atom stereocenters. The summed E-state index contributed by atoms with van der Waals surface area (Å²) in [6, 6.07) is 5.56. The molecule has 5 heteroatoms. The Morgan fingerprint density at radius 2 is 1.71 bits per heavy atom. The highest BCUT2D eigenvalue weighted by Crippen LogP contribution is 2.28. The van der Waals surface area contributed by atoms with Gasteiger partial charge in [0, 0.05) is 17.3 Å². The van der Waals surface area contributed by atoms with E-state index < -0.39 is 6.30 Å². The van der Waals surface area contributed by atoms with Crippen molar-refractivity contribution in [3.05, 3.63) is 29.3 Å². The zero-order chi connectivity index (χ0) is 10.8. The summed E-state index contributed by atoms with van der Waals surface area (Å²) in [7, 11) is 0. The Morgan fingerprint density at radius 3 is 2.07 bits per heavy atom. The highest BCUT2D eigenvalue weighted by atomic mass is 35.5. The maximum atomic E-state index is 12.4. The number of anilines is 1. The quantitative estimate of drug-likeness (QED) is 0.692. The minimum Gasteiger partial charge on any atom is -0.284 e. The van der Waals surface area contributed by atoms with E-state index in [1.54, 1.807) is 0 Å². The zero-order valence-corrected chi connectivity index (χ0v) is 8.23. The van der Waals surface area contributed by atoms with Crippen molar-refractivity contribution in [2.45, 2.75) is 13.2 Å². The molecule has 0 saturated carbocycles. The second kappa shape index (κ2) is 4.09. The fourth-order valence-corrected chi connectivity index (χ4v) is 1.26. The van der Waals surface area contributed by atoms with Gasteiger partial charge in [0.2, 0.25) is 0 Å². The lowest BCUT2D eigenvalue weighted by Crippen LogP contribution is -2.37. The van der Waals surface area contributed by atoms with Crippen LogP contribution < -0.4 is 4.90 Å². The minimum atomic E-state index is -4.34. The van der Waals surface area contributed by atoms with E-state index in [1.807, 2.05) is 0 Å². The van der Waals surface area contributed by atoms with Crippen molar-refractivity contribution in [2.24, 2.45) is 0 Å². The van der Waals surface area contributed by atoms with Gasteiger partial charge in [0.25, 0.3) is 0 Å². The second-order valence-corrected chi connectivity index (χ2v) is 3.12. The Labute approximate surface area is 85.1 Å². The van der Waals surface area contributed by atoms with Crippen molar-refractivity contribution in [1.29, 1.82) is 0 Å². The average molecular weight is 224 g/mol. The topological polar surface area (TPSA) is 3.24 Å². The van der Waals surface area contributed by atoms with Crippen molar-refractivity contribution in [1.82, 2.24) is 0 Å². The number of halogens is 4. The molecule has 1 aromatic carbocycles. The predicted octanol–water partition coefficient (Wildman–Crippen LogP) is 3.69. The number of nitrogens with zero attached hydrogens (tertiary/aromatic N) is 1. The van der Waals surface area contributed by atoms with Crippen molar-refractivity contribution in [3.63, 3.8) is 0 Å². The number of hydrogen-bond donors (Lipinski definition) is 0. The number of benzene rings is 1. The molecule has 1 nitrogen and oxygen atoms in total. The first-order valence-corrected chi connectivity index (χ1v) is 4.43. The van der Waals surface area contributed by atoms with E-state index in [-0.39, 0.29) is 12.2 Å². The summed E-state index contributed by atoms with van der Waals surface area (Å²) in [4.78, 5) is 0.351. The Morgan fingerprint density at radius 1 is 1.21 bits per heavy atom. The average Bonchev–Trinajstić information content (AvgIpc) is 2.07. The molecule has 0 radical (unpaired) electrons. The lowest BCUT2D eigenvalue weighted by atomic mass is 10.3. The minimum absolute atomic E-state index is 0.101. The van der Waals surface area contributed by atoms with Crippen molar-refractivity contribution in [2.75, 3.05) is 11.4 Å². The summed E-state index contributed by atoms with van der Waals surface area (Å²) in [5.41, 5.74) is 0.101. The van der Waals surface area contributed by atoms with E-state index in [4.69, 9.17) is 11.6 Å². The van der Waals surface area contributed by atoms with Crippen LogP contribution in [0.4, 0.5) is 18.9 Å². The van der Waals surface area contributed by atoms with Gasteiger partial charge >= 0.3 is 6.30 Å². The lowest BCUT2D eigenvalue weighted by Gasteiger charge is -2.25. The van der Waals surface area contributed by atoms with Crippen LogP contribution in [0.25, 0.3) is 0 Å². The summed E-state index contributed by atoms with van der Waals surface area (Å²) >= 11 is 5.57. The third-order valence-electron chi connectivity index (χ3n) is 1.76. The molecule has 0 aliphatic heterocycles. The van der Waals surface area contributed by atoms with Gasteiger partial charge in [-0.3, -0.25) is 4.90 Å². The molecule has 78 valence electrons. The first-order valence-electron chi connectivity index (χ1n) is 4.05. The van der Waals surface area contributed by atoms with Crippen LogP contribution in [0.2, 0.25) is 5.02 Å². The van der Waals surface area contributed by atoms with Gasteiger partial charge in [-0.25, -0.2) is 0 Å². The highest BCUT2D eigenvalue weighted by molar-refractivity contribution is 6.30. The van der Waals surface area contributed by atoms with E-state index in [9.17, 15) is 13.2 Å². The van der Waals surface area contributed by atoms with Crippen molar-refractivity contribution < 1.29 is 13.2 Å². The zero-order valence-electron chi connectivity index (χ0n) is 7.48. The van der Waals surface area contributed by atoms with Crippen LogP contribution >= 0.6 is 11.6 Å². The maximum Gasteiger partial charge on any atom is 0.484 e. The molecule has 1 aromatic rings. The van der Waals surface area contributed by atoms with Crippen LogP contribution in [-0.2, 0) is 0 Å². The fraction of sp³-hybridized carbons (Fsp3) is 0.333. The normalized spacial score (nSPS) is 11.5. The van der Waals surface area contributed by atoms with Gasteiger partial charge in [-0.2, -0.15) is 13.2 Å². The van der Waals surface area contributed by atoms with E-state index in [0.29, 0.717) is 9.92 Å².